The molecule has 0 radical (unpaired) electrons. The topological polar surface area (TPSA) is 33.5 Å². The minimum atomic E-state index is 0.103. The van der Waals surface area contributed by atoms with Crippen molar-refractivity contribution in [1.82, 2.24) is 4.90 Å². The van der Waals surface area contributed by atoms with Crippen LogP contribution in [0.25, 0.3) is 17.0 Å². The maximum absolute atomic E-state index is 12.2. The second kappa shape index (κ2) is 5.76. The van der Waals surface area contributed by atoms with Gasteiger partial charge in [-0.1, -0.05) is 32.0 Å². The molecule has 1 aliphatic heterocycles. The average molecular weight is 283 g/mol. The number of hydrogen-bond donors (Lipinski definition) is 0. The Morgan fingerprint density at radius 1 is 1.43 bits per heavy atom. The second-order valence-corrected chi connectivity index (χ2v) is 5.80. The van der Waals surface area contributed by atoms with Crippen LogP contribution in [0, 0.1) is 5.92 Å². The van der Waals surface area contributed by atoms with Gasteiger partial charge in [0.25, 0.3) is 0 Å². The molecule has 110 valence electrons. The maximum atomic E-state index is 12.2. The summed E-state index contributed by atoms with van der Waals surface area (Å²) in [5, 5.41) is 1.08. The van der Waals surface area contributed by atoms with E-state index in [0.29, 0.717) is 5.92 Å². The molecule has 1 aromatic heterocycles. The van der Waals surface area contributed by atoms with Crippen molar-refractivity contribution in [2.45, 2.75) is 26.7 Å². The Hall–Kier alpha value is -2.03. The molecule has 3 nitrogen and oxygen atoms in total. The maximum Gasteiger partial charge on any atom is 0.246 e. The first-order valence-corrected chi connectivity index (χ1v) is 7.66. The molecular formula is C18H21NO2. The number of para-hydroxylation sites is 1. The SMILES string of the molecule is CCc1oc2ccccc2c1/C=C/C(=O)N1CCC(C)C1. The molecule has 3 rings (SSSR count). The van der Waals surface area contributed by atoms with Gasteiger partial charge in [-0.15, -0.1) is 0 Å². The van der Waals surface area contributed by atoms with E-state index in [1.165, 1.54) is 0 Å². The minimum Gasteiger partial charge on any atom is -0.460 e. The van der Waals surface area contributed by atoms with Gasteiger partial charge in [-0.2, -0.15) is 0 Å². The lowest BCUT2D eigenvalue weighted by Crippen LogP contribution is -2.26. The number of rotatable bonds is 3. The zero-order valence-corrected chi connectivity index (χ0v) is 12.6. The summed E-state index contributed by atoms with van der Waals surface area (Å²) in [7, 11) is 0. The molecule has 2 heterocycles. The Morgan fingerprint density at radius 2 is 2.24 bits per heavy atom. The molecule has 1 aliphatic rings. The molecular weight excluding hydrogens is 262 g/mol. The molecule has 0 saturated carbocycles. The van der Waals surface area contributed by atoms with Gasteiger partial charge < -0.3 is 9.32 Å². The van der Waals surface area contributed by atoms with E-state index >= 15 is 0 Å². The normalized spacial score (nSPS) is 19.0. The summed E-state index contributed by atoms with van der Waals surface area (Å²) in [6, 6.07) is 7.98. The van der Waals surface area contributed by atoms with E-state index in [2.05, 4.69) is 13.8 Å². The molecule has 21 heavy (non-hydrogen) atoms. The summed E-state index contributed by atoms with van der Waals surface area (Å²) in [5.74, 6) is 1.66. The quantitative estimate of drug-likeness (QED) is 0.801. The predicted molar refractivity (Wildman–Crippen MR) is 85.0 cm³/mol. The van der Waals surface area contributed by atoms with E-state index in [-0.39, 0.29) is 5.91 Å². The van der Waals surface area contributed by atoms with Crippen LogP contribution >= 0.6 is 0 Å². The number of carbonyl (C=O) groups excluding carboxylic acids is 1. The van der Waals surface area contributed by atoms with E-state index in [0.717, 1.165) is 48.2 Å². The third-order valence-corrected chi connectivity index (χ3v) is 4.16. The van der Waals surface area contributed by atoms with Crippen LogP contribution < -0.4 is 0 Å². The number of hydrogen-bond acceptors (Lipinski definition) is 2. The number of fused-ring (bicyclic) bond motifs is 1. The first-order chi connectivity index (χ1) is 10.2. The van der Waals surface area contributed by atoms with Gasteiger partial charge in [-0.3, -0.25) is 4.79 Å². The van der Waals surface area contributed by atoms with E-state index in [4.69, 9.17) is 4.42 Å². The van der Waals surface area contributed by atoms with Crippen molar-refractivity contribution >= 4 is 23.0 Å². The number of amides is 1. The Kier molecular flexibility index (Phi) is 3.82. The van der Waals surface area contributed by atoms with Crippen LogP contribution in [-0.2, 0) is 11.2 Å². The van der Waals surface area contributed by atoms with Crippen molar-refractivity contribution in [3.05, 3.63) is 41.7 Å². The van der Waals surface area contributed by atoms with Crippen LogP contribution in [0.1, 0.15) is 31.6 Å². The second-order valence-electron chi connectivity index (χ2n) is 5.80. The molecule has 1 fully saturated rings. The number of carbonyl (C=O) groups is 1. The van der Waals surface area contributed by atoms with Crippen molar-refractivity contribution in [1.29, 1.82) is 0 Å². The summed E-state index contributed by atoms with van der Waals surface area (Å²) < 4.78 is 5.85. The van der Waals surface area contributed by atoms with Gasteiger partial charge in [0.05, 0.1) is 0 Å². The summed E-state index contributed by atoms with van der Waals surface area (Å²) in [6.45, 7) is 6.00. The van der Waals surface area contributed by atoms with Crippen LogP contribution in [0.4, 0.5) is 0 Å². The van der Waals surface area contributed by atoms with Crippen LogP contribution in [0.2, 0.25) is 0 Å². The van der Waals surface area contributed by atoms with Crippen molar-refractivity contribution in [2.24, 2.45) is 5.92 Å². The lowest BCUT2D eigenvalue weighted by molar-refractivity contribution is -0.125. The van der Waals surface area contributed by atoms with E-state index < -0.39 is 0 Å². The molecule has 3 heteroatoms. The standard InChI is InChI=1S/C18H21NO2/c1-3-16-15(14-6-4-5-7-17(14)21-16)8-9-18(20)19-11-10-13(2)12-19/h4-9,13H,3,10-12H2,1-2H3/b9-8+. The highest BCUT2D eigenvalue weighted by molar-refractivity contribution is 5.96. The van der Waals surface area contributed by atoms with Gasteiger partial charge in [0, 0.05) is 36.5 Å². The Labute approximate surface area is 125 Å². The van der Waals surface area contributed by atoms with Crippen LogP contribution in [0.5, 0.6) is 0 Å². The molecule has 0 spiro atoms. The highest BCUT2D eigenvalue weighted by Gasteiger charge is 2.21. The first kappa shape index (κ1) is 13.9. The van der Waals surface area contributed by atoms with Crippen molar-refractivity contribution < 1.29 is 9.21 Å². The Morgan fingerprint density at radius 3 is 2.95 bits per heavy atom. The van der Waals surface area contributed by atoms with E-state index in [1.807, 2.05) is 35.2 Å². The smallest absolute Gasteiger partial charge is 0.246 e. The minimum absolute atomic E-state index is 0.103. The number of nitrogens with zero attached hydrogens (tertiary/aromatic N) is 1. The first-order valence-electron chi connectivity index (χ1n) is 7.66. The lowest BCUT2D eigenvalue weighted by atomic mass is 10.1. The zero-order valence-electron chi connectivity index (χ0n) is 12.6. The van der Waals surface area contributed by atoms with Gasteiger partial charge in [0.15, 0.2) is 0 Å². The lowest BCUT2D eigenvalue weighted by Gasteiger charge is -2.12. The summed E-state index contributed by atoms with van der Waals surface area (Å²) in [6.07, 6.45) is 5.53. The van der Waals surface area contributed by atoms with Gasteiger partial charge in [0.1, 0.15) is 11.3 Å². The third kappa shape index (κ3) is 2.73. The van der Waals surface area contributed by atoms with Gasteiger partial charge in [0.2, 0.25) is 5.91 Å². The molecule has 1 atom stereocenters. The summed E-state index contributed by atoms with van der Waals surface area (Å²) in [5.41, 5.74) is 1.92. The van der Waals surface area contributed by atoms with Gasteiger partial charge >= 0.3 is 0 Å². The summed E-state index contributed by atoms with van der Waals surface area (Å²) >= 11 is 0. The monoisotopic (exact) mass is 283 g/mol. The predicted octanol–water partition coefficient (Wildman–Crippen LogP) is 3.88. The largest absolute Gasteiger partial charge is 0.460 e. The number of aryl methyl sites for hydroxylation is 1. The Balaban J connectivity index is 1.87. The molecule has 2 aromatic rings. The van der Waals surface area contributed by atoms with Crippen LogP contribution in [0.15, 0.2) is 34.8 Å². The van der Waals surface area contributed by atoms with Crippen molar-refractivity contribution in [3.8, 4) is 0 Å². The number of benzene rings is 1. The highest BCUT2D eigenvalue weighted by atomic mass is 16.3. The van der Waals surface area contributed by atoms with Crippen LogP contribution in [-0.4, -0.2) is 23.9 Å². The third-order valence-electron chi connectivity index (χ3n) is 4.16. The number of furan rings is 1. The van der Waals surface area contributed by atoms with Crippen LogP contribution in [0.3, 0.4) is 0 Å². The number of likely N-dealkylation sites (tertiary alicyclic amines) is 1. The molecule has 1 amide bonds. The van der Waals surface area contributed by atoms with Crippen molar-refractivity contribution in [3.63, 3.8) is 0 Å². The highest BCUT2D eigenvalue weighted by Crippen LogP contribution is 2.27. The zero-order chi connectivity index (χ0) is 14.8. The fraction of sp³-hybridized carbons (Fsp3) is 0.389. The average Bonchev–Trinajstić information content (AvgIpc) is 3.08. The molecule has 1 aromatic carbocycles. The molecule has 0 aliphatic carbocycles. The Bertz CT molecular complexity index is 684. The van der Waals surface area contributed by atoms with E-state index in [9.17, 15) is 4.79 Å². The molecule has 1 unspecified atom stereocenters. The molecule has 0 bridgehead atoms. The molecule has 1 saturated heterocycles. The van der Waals surface area contributed by atoms with Crippen molar-refractivity contribution in [2.75, 3.05) is 13.1 Å². The van der Waals surface area contributed by atoms with E-state index in [1.54, 1.807) is 6.08 Å². The fourth-order valence-corrected chi connectivity index (χ4v) is 2.96. The van der Waals surface area contributed by atoms with Gasteiger partial charge in [-0.05, 0) is 24.5 Å². The fourth-order valence-electron chi connectivity index (χ4n) is 2.96. The molecule has 0 N–H and O–H groups in total. The van der Waals surface area contributed by atoms with Gasteiger partial charge in [-0.25, -0.2) is 0 Å². The summed E-state index contributed by atoms with van der Waals surface area (Å²) in [4.78, 5) is 14.2.